The fourth-order valence-electron chi connectivity index (χ4n) is 1.51. The first-order valence-corrected chi connectivity index (χ1v) is 5.41. The van der Waals surface area contributed by atoms with E-state index in [9.17, 15) is 13.2 Å². The molecule has 0 aliphatic carbocycles. The Morgan fingerprint density at radius 2 is 1.74 bits per heavy atom. The SMILES string of the molecule is Nc1ccc(Nc2ccc(OC(F)F)cc2)c(F)c1. The van der Waals surface area contributed by atoms with Crippen LogP contribution in [0.2, 0.25) is 0 Å². The van der Waals surface area contributed by atoms with Crippen LogP contribution >= 0.6 is 0 Å². The number of hydrogen-bond donors (Lipinski definition) is 2. The number of nitrogens with one attached hydrogen (secondary N) is 1. The highest BCUT2D eigenvalue weighted by Gasteiger charge is 2.05. The van der Waals surface area contributed by atoms with Gasteiger partial charge in [-0.05, 0) is 42.5 Å². The van der Waals surface area contributed by atoms with Crippen LogP contribution in [0, 0.1) is 5.82 Å². The van der Waals surface area contributed by atoms with E-state index >= 15 is 0 Å². The van der Waals surface area contributed by atoms with E-state index in [4.69, 9.17) is 5.73 Å². The molecule has 19 heavy (non-hydrogen) atoms. The summed E-state index contributed by atoms with van der Waals surface area (Å²) in [5.74, 6) is -0.453. The molecule has 0 amide bonds. The molecule has 0 unspecified atom stereocenters. The molecular formula is C13H11F3N2O. The Balaban J connectivity index is 2.10. The summed E-state index contributed by atoms with van der Waals surface area (Å²) < 4.78 is 41.6. The normalized spacial score (nSPS) is 10.5. The van der Waals surface area contributed by atoms with Gasteiger partial charge in [0, 0.05) is 11.4 Å². The van der Waals surface area contributed by atoms with Gasteiger partial charge in [-0.25, -0.2) is 4.39 Å². The van der Waals surface area contributed by atoms with E-state index in [-0.39, 0.29) is 11.4 Å². The van der Waals surface area contributed by atoms with Crippen LogP contribution in [0.3, 0.4) is 0 Å². The topological polar surface area (TPSA) is 47.3 Å². The quantitative estimate of drug-likeness (QED) is 0.830. The smallest absolute Gasteiger partial charge is 0.387 e. The van der Waals surface area contributed by atoms with Crippen LogP contribution in [0.15, 0.2) is 42.5 Å². The van der Waals surface area contributed by atoms with Gasteiger partial charge < -0.3 is 15.8 Å². The zero-order valence-electron chi connectivity index (χ0n) is 9.74. The number of nitrogen functional groups attached to an aromatic ring is 1. The fraction of sp³-hybridized carbons (Fsp3) is 0.0769. The Labute approximate surface area is 107 Å². The molecule has 0 fully saturated rings. The lowest BCUT2D eigenvalue weighted by Gasteiger charge is -2.09. The molecule has 0 saturated carbocycles. The first-order chi connectivity index (χ1) is 9.04. The van der Waals surface area contributed by atoms with Gasteiger partial charge in [-0.3, -0.25) is 0 Å². The van der Waals surface area contributed by atoms with Gasteiger partial charge in [-0.15, -0.1) is 0 Å². The van der Waals surface area contributed by atoms with E-state index in [1.54, 1.807) is 6.07 Å². The molecule has 0 aliphatic heterocycles. The van der Waals surface area contributed by atoms with Gasteiger partial charge >= 0.3 is 6.61 Å². The van der Waals surface area contributed by atoms with E-state index < -0.39 is 12.4 Å². The summed E-state index contributed by atoms with van der Waals surface area (Å²) in [4.78, 5) is 0. The van der Waals surface area contributed by atoms with Gasteiger partial charge in [0.25, 0.3) is 0 Å². The van der Waals surface area contributed by atoms with Crippen molar-refractivity contribution in [3.8, 4) is 5.75 Å². The van der Waals surface area contributed by atoms with Gasteiger partial charge in [0.05, 0.1) is 5.69 Å². The first kappa shape index (κ1) is 13.1. The van der Waals surface area contributed by atoms with Crippen molar-refractivity contribution in [3.63, 3.8) is 0 Å². The Bertz CT molecular complexity index is 558. The zero-order chi connectivity index (χ0) is 13.8. The van der Waals surface area contributed by atoms with Crippen LogP contribution < -0.4 is 15.8 Å². The molecule has 0 bridgehead atoms. The lowest BCUT2D eigenvalue weighted by molar-refractivity contribution is -0.0498. The number of halogens is 3. The standard InChI is InChI=1S/C13H11F3N2O/c14-11-7-8(17)1-6-12(11)18-9-2-4-10(5-3-9)19-13(15)16/h1-7,13,18H,17H2. The molecule has 0 aliphatic rings. The van der Waals surface area contributed by atoms with Crippen molar-refractivity contribution >= 4 is 17.1 Å². The van der Waals surface area contributed by atoms with Crippen LogP contribution in [-0.2, 0) is 0 Å². The molecule has 0 spiro atoms. The van der Waals surface area contributed by atoms with Crippen molar-refractivity contribution < 1.29 is 17.9 Å². The molecule has 2 aromatic carbocycles. The molecule has 0 aromatic heterocycles. The van der Waals surface area contributed by atoms with Crippen LogP contribution in [0.5, 0.6) is 5.75 Å². The molecule has 0 atom stereocenters. The van der Waals surface area contributed by atoms with Crippen LogP contribution in [0.25, 0.3) is 0 Å². The number of benzene rings is 2. The molecule has 6 heteroatoms. The summed E-state index contributed by atoms with van der Waals surface area (Å²) in [6.45, 7) is -2.87. The Morgan fingerprint density at radius 3 is 2.32 bits per heavy atom. The van der Waals surface area contributed by atoms with Crippen molar-refractivity contribution in [1.82, 2.24) is 0 Å². The number of rotatable bonds is 4. The van der Waals surface area contributed by atoms with Crippen molar-refractivity contribution in [2.24, 2.45) is 0 Å². The van der Waals surface area contributed by atoms with Crippen molar-refractivity contribution in [1.29, 1.82) is 0 Å². The van der Waals surface area contributed by atoms with E-state index in [2.05, 4.69) is 10.1 Å². The fourth-order valence-corrected chi connectivity index (χ4v) is 1.51. The van der Waals surface area contributed by atoms with E-state index in [1.165, 1.54) is 36.4 Å². The minimum atomic E-state index is -2.87. The Hall–Kier alpha value is -2.37. The van der Waals surface area contributed by atoms with Gasteiger partial charge in [0.2, 0.25) is 0 Å². The lowest BCUT2D eigenvalue weighted by atomic mass is 10.2. The van der Waals surface area contributed by atoms with Gasteiger partial charge in [0.1, 0.15) is 11.6 Å². The number of ether oxygens (including phenoxy) is 1. The molecule has 3 nitrogen and oxygen atoms in total. The summed E-state index contributed by atoms with van der Waals surface area (Å²) in [6, 6.07) is 9.99. The Morgan fingerprint density at radius 1 is 1.05 bits per heavy atom. The highest BCUT2D eigenvalue weighted by atomic mass is 19.3. The molecular weight excluding hydrogens is 257 g/mol. The first-order valence-electron chi connectivity index (χ1n) is 5.41. The van der Waals surface area contributed by atoms with Gasteiger partial charge in [-0.1, -0.05) is 0 Å². The predicted molar refractivity (Wildman–Crippen MR) is 67.2 cm³/mol. The summed E-state index contributed by atoms with van der Waals surface area (Å²) >= 11 is 0. The van der Waals surface area contributed by atoms with Crippen molar-refractivity contribution in [3.05, 3.63) is 48.3 Å². The van der Waals surface area contributed by atoms with Crippen LogP contribution in [-0.4, -0.2) is 6.61 Å². The maximum atomic E-state index is 13.5. The molecule has 0 heterocycles. The third-order valence-electron chi connectivity index (χ3n) is 2.35. The maximum Gasteiger partial charge on any atom is 0.387 e. The van der Waals surface area contributed by atoms with E-state index in [0.717, 1.165) is 0 Å². The average Bonchev–Trinajstić information content (AvgIpc) is 2.34. The van der Waals surface area contributed by atoms with E-state index in [1.807, 2.05) is 0 Å². The third kappa shape index (κ3) is 3.54. The minimum Gasteiger partial charge on any atom is -0.435 e. The van der Waals surface area contributed by atoms with E-state index in [0.29, 0.717) is 11.4 Å². The number of hydrogen-bond acceptors (Lipinski definition) is 3. The average molecular weight is 268 g/mol. The second kappa shape index (κ2) is 5.51. The second-order valence-corrected chi connectivity index (χ2v) is 3.77. The molecule has 0 radical (unpaired) electrons. The van der Waals surface area contributed by atoms with Crippen LogP contribution in [0.1, 0.15) is 0 Å². The largest absolute Gasteiger partial charge is 0.435 e. The van der Waals surface area contributed by atoms with Crippen molar-refractivity contribution in [2.75, 3.05) is 11.1 Å². The molecule has 2 rings (SSSR count). The highest BCUT2D eigenvalue weighted by Crippen LogP contribution is 2.24. The Kier molecular flexibility index (Phi) is 3.79. The number of anilines is 3. The summed E-state index contributed by atoms with van der Waals surface area (Å²) in [6.07, 6.45) is 0. The molecule has 2 aromatic rings. The maximum absolute atomic E-state index is 13.5. The summed E-state index contributed by atoms with van der Waals surface area (Å²) in [5.41, 5.74) is 6.55. The van der Waals surface area contributed by atoms with Gasteiger partial charge in [0.15, 0.2) is 0 Å². The van der Waals surface area contributed by atoms with Crippen molar-refractivity contribution in [2.45, 2.75) is 6.61 Å². The molecule has 3 N–H and O–H groups in total. The third-order valence-corrected chi connectivity index (χ3v) is 2.35. The molecule has 100 valence electrons. The highest BCUT2D eigenvalue weighted by molar-refractivity contribution is 5.63. The second-order valence-electron chi connectivity index (χ2n) is 3.77. The summed E-state index contributed by atoms with van der Waals surface area (Å²) in [7, 11) is 0. The lowest BCUT2D eigenvalue weighted by Crippen LogP contribution is -2.01. The molecule has 0 saturated heterocycles. The minimum absolute atomic E-state index is 0.0401. The van der Waals surface area contributed by atoms with Gasteiger partial charge in [-0.2, -0.15) is 8.78 Å². The predicted octanol–water partition coefficient (Wildman–Crippen LogP) is 3.75. The summed E-state index contributed by atoms with van der Waals surface area (Å²) in [5, 5.41) is 2.81. The number of alkyl halides is 2. The zero-order valence-corrected chi connectivity index (χ0v) is 9.74. The monoisotopic (exact) mass is 268 g/mol. The van der Waals surface area contributed by atoms with Crippen LogP contribution in [0.4, 0.5) is 30.2 Å². The number of nitrogens with two attached hydrogens (primary N) is 1.